The predicted octanol–water partition coefficient (Wildman–Crippen LogP) is 3.31. The Hall–Kier alpha value is -1.62. The largest absolute Gasteiger partial charge is 0.290 e. The molecule has 0 saturated carbocycles. The minimum Gasteiger partial charge on any atom is -0.290 e. The highest BCUT2D eigenvalue weighted by Gasteiger charge is 2.16. The lowest BCUT2D eigenvalue weighted by atomic mass is 10.0. The Morgan fingerprint density at radius 3 is 1.81 bits per heavy atom. The lowest BCUT2D eigenvalue weighted by molar-refractivity contribution is 0.936. The zero-order valence-corrected chi connectivity index (χ0v) is 14.1. The third-order valence-electron chi connectivity index (χ3n) is 3.38. The molecule has 0 amide bonds. The van der Waals surface area contributed by atoms with Gasteiger partial charge in [-0.15, -0.1) is 0 Å². The molecule has 0 radical (unpaired) electrons. The Morgan fingerprint density at radius 2 is 1.38 bits per heavy atom. The number of benzene rings is 2. The van der Waals surface area contributed by atoms with Gasteiger partial charge < -0.3 is 0 Å². The summed E-state index contributed by atoms with van der Waals surface area (Å²) >= 11 is 12.0. The van der Waals surface area contributed by atoms with E-state index in [2.05, 4.69) is 34.3 Å². The zero-order valence-electron chi connectivity index (χ0n) is 11.2. The molecule has 0 spiro atoms. The molecule has 0 aliphatic heterocycles. The van der Waals surface area contributed by atoms with Crippen LogP contribution in [0.1, 0.15) is 16.7 Å². The number of hydrogen-bond donors (Lipinski definition) is 0. The van der Waals surface area contributed by atoms with Crippen molar-refractivity contribution in [1.82, 2.24) is 14.4 Å². The highest BCUT2D eigenvalue weighted by Crippen LogP contribution is 2.26. The Morgan fingerprint density at radius 1 is 0.857 bits per heavy atom. The average Bonchev–Trinajstić information content (AvgIpc) is 3.00. The summed E-state index contributed by atoms with van der Waals surface area (Å²) in [6.45, 7) is 0. The number of rotatable bonds is 4. The molecule has 0 bridgehead atoms. The summed E-state index contributed by atoms with van der Waals surface area (Å²) in [6, 6.07) is 16.0. The van der Waals surface area contributed by atoms with Crippen molar-refractivity contribution in [2.75, 3.05) is 0 Å². The fourth-order valence-electron chi connectivity index (χ4n) is 2.31. The Labute approximate surface area is 135 Å². The van der Waals surface area contributed by atoms with Gasteiger partial charge in [0, 0.05) is 15.6 Å². The van der Waals surface area contributed by atoms with Crippen molar-refractivity contribution in [3.63, 3.8) is 0 Å². The van der Waals surface area contributed by atoms with E-state index in [-0.39, 0.29) is 0 Å². The number of aromatic nitrogens is 3. The first-order chi connectivity index (χ1) is 10.2. The molecule has 0 fully saturated rings. The number of nitrogens with zero attached hydrogens (tertiary/aromatic N) is 3. The van der Waals surface area contributed by atoms with Gasteiger partial charge in [0.15, 0.2) is 9.68 Å². The minimum absolute atomic E-state index is 0.307. The third-order valence-corrected chi connectivity index (χ3v) is 5.89. The fraction of sp³-hybridized carbons (Fsp3) is 0.0667. The van der Waals surface area contributed by atoms with Crippen LogP contribution in [-0.2, 0) is 0 Å². The second kappa shape index (κ2) is 6.43. The smallest absolute Gasteiger partial charge is 0.168 e. The molecule has 0 aliphatic rings. The van der Waals surface area contributed by atoms with E-state index in [4.69, 9.17) is 23.2 Å². The molecule has 0 aliphatic carbocycles. The first kappa shape index (κ1) is 14.3. The van der Waals surface area contributed by atoms with Crippen LogP contribution in [0, 0.1) is 0 Å². The van der Waals surface area contributed by atoms with Gasteiger partial charge in [-0.1, -0.05) is 47.5 Å². The summed E-state index contributed by atoms with van der Waals surface area (Å²) in [5.74, 6) is 0. The van der Waals surface area contributed by atoms with Gasteiger partial charge in [0.2, 0.25) is 0 Å². The van der Waals surface area contributed by atoms with Gasteiger partial charge in [-0.25, -0.2) is 4.98 Å². The zero-order chi connectivity index (χ0) is 14.7. The van der Waals surface area contributed by atoms with Gasteiger partial charge in [0.05, 0.1) is 0 Å². The quantitative estimate of drug-likeness (QED) is 0.686. The number of halogens is 2. The van der Waals surface area contributed by atoms with Crippen LogP contribution in [0.15, 0.2) is 61.2 Å². The highest BCUT2D eigenvalue weighted by molar-refractivity contribution is 6.37. The SMILES string of the molecule is Clc1ccc(C([SiH2]n2cncn2)c2ccc(Cl)cc2)cc1. The Bertz CT molecular complexity index is 651. The van der Waals surface area contributed by atoms with E-state index in [1.165, 1.54) is 11.1 Å². The molecule has 3 aromatic rings. The maximum Gasteiger partial charge on any atom is 0.168 e. The van der Waals surface area contributed by atoms with Crippen molar-refractivity contribution in [1.29, 1.82) is 0 Å². The molecule has 0 atom stereocenters. The van der Waals surface area contributed by atoms with E-state index in [1.54, 1.807) is 12.7 Å². The van der Waals surface area contributed by atoms with E-state index < -0.39 is 9.68 Å². The molecule has 0 unspecified atom stereocenters. The second-order valence-electron chi connectivity index (χ2n) is 4.77. The van der Waals surface area contributed by atoms with E-state index in [9.17, 15) is 0 Å². The lowest BCUT2D eigenvalue weighted by Crippen LogP contribution is -2.18. The van der Waals surface area contributed by atoms with E-state index in [1.807, 2.05) is 28.6 Å². The predicted molar refractivity (Wildman–Crippen MR) is 88.7 cm³/mol. The molecule has 0 saturated heterocycles. The maximum atomic E-state index is 5.99. The molecule has 3 nitrogen and oxygen atoms in total. The second-order valence-corrected chi connectivity index (χ2v) is 7.48. The van der Waals surface area contributed by atoms with Gasteiger partial charge in [-0.2, -0.15) is 5.10 Å². The van der Waals surface area contributed by atoms with Crippen LogP contribution < -0.4 is 0 Å². The van der Waals surface area contributed by atoms with Gasteiger partial charge >= 0.3 is 0 Å². The molecule has 1 aromatic heterocycles. The molecule has 0 N–H and O–H groups in total. The monoisotopic (exact) mass is 333 g/mol. The van der Waals surface area contributed by atoms with Crippen LogP contribution in [0.3, 0.4) is 0 Å². The topological polar surface area (TPSA) is 30.7 Å². The molecular formula is C15H13Cl2N3Si. The van der Waals surface area contributed by atoms with Gasteiger partial charge in [-0.05, 0) is 35.4 Å². The van der Waals surface area contributed by atoms with E-state index in [0.29, 0.717) is 5.54 Å². The van der Waals surface area contributed by atoms with Gasteiger partial charge in [-0.3, -0.25) is 4.35 Å². The van der Waals surface area contributed by atoms with Crippen molar-refractivity contribution in [2.45, 2.75) is 5.54 Å². The van der Waals surface area contributed by atoms with Crippen LogP contribution in [0.5, 0.6) is 0 Å². The third kappa shape index (κ3) is 3.53. The first-order valence-corrected chi connectivity index (χ1v) is 8.76. The standard InChI is InChI=1S/C15H13Cl2N3Si/c16-13-5-1-11(2-6-13)15(21-20-10-18-9-19-20)12-3-7-14(17)8-4-12/h1-10,15H,21H2. The minimum atomic E-state index is -0.719. The van der Waals surface area contributed by atoms with Crippen molar-refractivity contribution in [3.05, 3.63) is 82.4 Å². The molecule has 3 rings (SSSR count). The van der Waals surface area contributed by atoms with Crippen molar-refractivity contribution >= 4 is 32.9 Å². The van der Waals surface area contributed by atoms with Crippen LogP contribution in [0.25, 0.3) is 0 Å². The van der Waals surface area contributed by atoms with Crippen LogP contribution in [-0.4, -0.2) is 24.1 Å². The van der Waals surface area contributed by atoms with Crippen molar-refractivity contribution < 1.29 is 0 Å². The molecular weight excluding hydrogens is 321 g/mol. The van der Waals surface area contributed by atoms with Crippen molar-refractivity contribution in [3.8, 4) is 0 Å². The molecule has 1 heterocycles. The normalized spacial score (nSPS) is 11.6. The number of hydrogen-bond acceptors (Lipinski definition) is 2. The summed E-state index contributed by atoms with van der Waals surface area (Å²) in [5, 5.41) is 5.75. The van der Waals surface area contributed by atoms with Crippen molar-refractivity contribution in [2.24, 2.45) is 0 Å². The summed E-state index contributed by atoms with van der Waals surface area (Å²) < 4.78 is 1.97. The van der Waals surface area contributed by atoms with Gasteiger partial charge in [0.25, 0.3) is 0 Å². The summed E-state index contributed by atoms with van der Waals surface area (Å²) in [4.78, 5) is 4.04. The fourth-order valence-corrected chi connectivity index (χ4v) is 4.26. The molecule has 6 heteroatoms. The lowest BCUT2D eigenvalue weighted by Gasteiger charge is -2.17. The van der Waals surface area contributed by atoms with Crippen LogP contribution >= 0.6 is 23.2 Å². The van der Waals surface area contributed by atoms with Gasteiger partial charge in [0.1, 0.15) is 12.7 Å². The molecule has 106 valence electrons. The molecule has 2 aromatic carbocycles. The average molecular weight is 334 g/mol. The van der Waals surface area contributed by atoms with Crippen LogP contribution in [0.2, 0.25) is 10.0 Å². The first-order valence-electron chi connectivity index (χ1n) is 6.56. The van der Waals surface area contributed by atoms with Crippen LogP contribution in [0.4, 0.5) is 0 Å². The van der Waals surface area contributed by atoms with E-state index in [0.717, 1.165) is 10.0 Å². The Kier molecular flexibility index (Phi) is 4.38. The summed E-state index contributed by atoms with van der Waals surface area (Å²) in [5.41, 5.74) is 2.79. The Balaban J connectivity index is 1.97. The summed E-state index contributed by atoms with van der Waals surface area (Å²) in [7, 11) is -0.719. The summed E-state index contributed by atoms with van der Waals surface area (Å²) in [6.07, 6.45) is 3.36. The molecule has 21 heavy (non-hydrogen) atoms. The highest BCUT2D eigenvalue weighted by atomic mass is 35.5. The maximum absolute atomic E-state index is 5.99. The van der Waals surface area contributed by atoms with E-state index >= 15 is 0 Å².